The third-order valence-electron chi connectivity index (χ3n) is 5.73. The second-order valence-corrected chi connectivity index (χ2v) is 7.55. The van der Waals surface area contributed by atoms with E-state index in [0.29, 0.717) is 0 Å². The molecule has 1 atom stereocenters. The minimum absolute atomic E-state index is 0.751. The van der Waals surface area contributed by atoms with Crippen molar-refractivity contribution in [2.75, 3.05) is 39.3 Å². The fourth-order valence-corrected chi connectivity index (χ4v) is 4.15. The van der Waals surface area contributed by atoms with Gasteiger partial charge in [-0.3, -0.25) is 14.9 Å². The first kappa shape index (κ1) is 16.8. The summed E-state index contributed by atoms with van der Waals surface area (Å²) in [6, 6.07) is 7.38. The Morgan fingerprint density at radius 2 is 2.00 bits per heavy atom. The summed E-state index contributed by atoms with van der Waals surface area (Å²) in [5.41, 5.74) is 6.37. The quantitative estimate of drug-likeness (QED) is 0.896. The molecule has 0 aliphatic carbocycles. The van der Waals surface area contributed by atoms with E-state index < -0.39 is 0 Å². The van der Waals surface area contributed by atoms with Crippen molar-refractivity contribution in [1.29, 1.82) is 0 Å². The molecule has 25 heavy (non-hydrogen) atoms. The number of piperazine rings is 1. The molecule has 3 heterocycles. The predicted octanol–water partition coefficient (Wildman–Crippen LogP) is 2.17. The Bertz CT molecular complexity index is 709. The van der Waals surface area contributed by atoms with E-state index in [0.717, 1.165) is 25.7 Å². The molecular formula is C20H29N5. The lowest BCUT2D eigenvalue weighted by molar-refractivity contribution is 0.0982. The first-order valence-corrected chi connectivity index (χ1v) is 9.48. The van der Waals surface area contributed by atoms with Gasteiger partial charge in [-0.05, 0) is 38.4 Å². The summed E-state index contributed by atoms with van der Waals surface area (Å²) < 4.78 is 0. The maximum absolute atomic E-state index is 4.34. The third kappa shape index (κ3) is 3.64. The summed E-state index contributed by atoms with van der Waals surface area (Å²) >= 11 is 0. The van der Waals surface area contributed by atoms with Crippen molar-refractivity contribution in [3.8, 4) is 11.3 Å². The molecule has 2 N–H and O–H groups in total. The molecule has 0 spiro atoms. The molecule has 0 amide bonds. The molecule has 0 bridgehead atoms. The predicted molar refractivity (Wildman–Crippen MR) is 102 cm³/mol. The standard InChI is InChI=1S/C20H29N5/c1-15-3-4-16(2)19(11-15)20-17(12-22-23-20)14-24-7-9-25(10-8-24)18-5-6-21-13-18/h3-4,11-12,18,21H,5-10,13-14H2,1-2H3,(H,22,23)/t18-/m0/s1. The minimum Gasteiger partial charge on any atom is -0.315 e. The smallest absolute Gasteiger partial charge is 0.0698 e. The van der Waals surface area contributed by atoms with Gasteiger partial charge in [-0.1, -0.05) is 17.7 Å². The second-order valence-electron chi connectivity index (χ2n) is 7.55. The van der Waals surface area contributed by atoms with Gasteiger partial charge in [0.25, 0.3) is 0 Å². The molecule has 0 radical (unpaired) electrons. The van der Waals surface area contributed by atoms with Crippen LogP contribution in [0.4, 0.5) is 0 Å². The summed E-state index contributed by atoms with van der Waals surface area (Å²) in [7, 11) is 0. The van der Waals surface area contributed by atoms with E-state index in [4.69, 9.17) is 0 Å². The Balaban J connectivity index is 1.43. The van der Waals surface area contributed by atoms with Crippen LogP contribution in [0.3, 0.4) is 0 Å². The van der Waals surface area contributed by atoms with E-state index in [9.17, 15) is 0 Å². The summed E-state index contributed by atoms with van der Waals surface area (Å²) in [6.45, 7) is 12.3. The molecule has 2 aromatic rings. The number of benzene rings is 1. The number of hydrogen-bond acceptors (Lipinski definition) is 4. The molecule has 134 valence electrons. The van der Waals surface area contributed by atoms with Crippen molar-refractivity contribution in [1.82, 2.24) is 25.3 Å². The summed E-state index contributed by atoms with van der Waals surface area (Å²) in [5, 5.41) is 11.1. The minimum atomic E-state index is 0.751. The number of aromatic amines is 1. The molecule has 2 saturated heterocycles. The van der Waals surface area contributed by atoms with Crippen LogP contribution in [-0.2, 0) is 6.54 Å². The van der Waals surface area contributed by atoms with Gasteiger partial charge in [-0.15, -0.1) is 0 Å². The fraction of sp³-hybridized carbons (Fsp3) is 0.550. The first-order chi connectivity index (χ1) is 12.2. The van der Waals surface area contributed by atoms with Crippen LogP contribution in [0, 0.1) is 13.8 Å². The van der Waals surface area contributed by atoms with Gasteiger partial charge in [0.2, 0.25) is 0 Å². The van der Waals surface area contributed by atoms with Crippen molar-refractivity contribution < 1.29 is 0 Å². The lowest BCUT2D eigenvalue weighted by Gasteiger charge is -2.37. The third-order valence-corrected chi connectivity index (χ3v) is 5.73. The zero-order chi connectivity index (χ0) is 17.2. The van der Waals surface area contributed by atoms with Gasteiger partial charge in [0.1, 0.15) is 0 Å². The number of aromatic nitrogens is 2. The highest BCUT2D eigenvalue weighted by Gasteiger charge is 2.26. The lowest BCUT2D eigenvalue weighted by atomic mass is 10.00. The Morgan fingerprint density at radius 3 is 2.76 bits per heavy atom. The largest absolute Gasteiger partial charge is 0.315 e. The van der Waals surface area contributed by atoms with Gasteiger partial charge in [0.15, 0.2) is 0 Å². The normalized spacial score (nSPS) is 22.6. The van der Waals surface area contributed by atoms with Gasteiger partial charge in [-0.25, -0.2) is 0 Å². The molecule has 2 aliphatic heterocycles. The van der Waals surface area contributed by atoms with E-state index >= 15 is 0 Å². The maximum Gasteiger partial charge on any atom is 0.0698 e. The van der Waals surface area contributed by atoms with E-state index in [-0.39, 0.29) is 0 Å². The number of aryl methyl sites for hydroxylation is 2. The molecule has 1 aromatic heterocycles. The van der Waals surface area contributed by atoms with Crippen LogP contribution in [0.5, 0.6) is 0 Å². The molecule has 4 rings (SSSR count). The molecule has 1 aromatic carbocycles. The van der Waals surface area contributed by atoms with Crippen LogP contribution in [0.1, 0.15) is 23.1 Å². The average Bonchev–Trinajstić information content (AvgIpc) is 3.30. The van der Waals surface area contributed by atoms with Crippen molar-refractivity contribution in [3.63, 3.8) is 0 Å². The topological polar surface area (TPSA) is 47.2 Å². The van der Waals surface area contributed by atoms with Crippen molar-refractivity contribution in [2.45, 2.75) is 32.9 Å². The van der Waals surface area contributed by atoms with Gasteiger partial charge in [0.05, 0.1) is 11.9 Å². The molecule has 5 heteroatoms. The van der Waals surface area contributed by atoms with Gasteiger partial charge < -0.3 is 5.32 Å². The number of nitrogens with zero attached hydrogens (tertiary/aromatic N) is 3. The zero-order valence-corrected chi connectivity index (χ0v) is 15.4. The molecular weight excluding hydrogens is 310 g/mol. The van der Waals surface area contributed by atoms with E-state index in [1.54, 1.807) is 0 Å². The van der Waals surface area contributed by atoms with Crippen LogP contribution < -0.4 is 5.32 Å². The maximum atomic E-state index is 4.34. The van der Waals surface area contributed by atoms with Crippen molar-refractivity contribution >= 4 is 0 Å². The monoisotopic (exact) mass is 339 g/mol. The number of rotatable bonds is 4. The van der Waals surface area contributed by atoms with Crippen LogP contribution in [-0.4, -0.2) is 65.3 Å². The summed E-state index contributed by atoms with van der Waals surface area (Å²) in [6.07, 6.45) is 3.31. The fourth-order valence-electron chi connectivity index (χ4n) is 4.15. The van der Waals surface area contributed by atoms with Crippen LogP contribution in [0.15, 0.2) is 24.4 Å². The Morgan fingerprint density at radius 1 is 1.16 bits per heavy atom. The van der Waals surface area contributed by atoms with E-state index in [1.165, 1.54) is 60.5 Å². The summed E-state index contributed by atoms with van der Waals surface area (Å²) in [5.74, 6) is 0. The zero-order valence-electron chi connectivity index (χ0n) is 15.4. The molecule has 2 aliphatic rings. The van der Waals surface area contributed by atoms with Crippen LogP contribution >= 0.6 is 0 Å². The lowest BCUT2D eigenvalue weighted by Crippen LogP contribution is -2.50. The van der Waals surface area contributed by atoms with Gasteiger partial charge >= 0.3 is 0 Å². The van der Waals surface area contributed by atoms with Gasteiger partial charge in [0, 0.05) is 56.4 Å². The van der Waals surface area contributed by atoms with Crippen LogP contribution in [0.2, 0.25) is 0 Å². The molecule has 2 fully saturated rings. The number of hydrogen-bond donors (Lipinski definition) is 2. The van der Waals surface area contributed by atoms with Crippen LogP contribution in [0.25, 0.3) is 11.3 Å². The Labute approximate surface area is 150 Å². The summed E-state index contributed by atoms with van der Waals surface area (Å²) in [4.78, 5) is 5.23. The van der Waals surface area contributed by atoms with E-state index in [1.807, 2.05) is 6.20 Å². The van der Waals surface area contributed by atoms with Crippen molar-refractivity contribution in [2.24, 2.45) is 0 Å². The molecule has 5 nitrogen and oxygen atoms in total. The highest BCUT2D eigenvalue weighted by molar-refractivity contribution is 5.67. The number of nitrogens with one attached hydrogen (secondary N) is 2. The average molecular weight is 339 g/mol. The number of H-pyrrole nitrogens is 1. The Kier molecular flexibility index (Phi) is 4.88. The van der Waals surface area contributed by atoms with Gasteiger partial charge in [-0.2, -0.15) is 5.10 Å². The highest BCUT2D eigenvalue weighted by atomic mass is 15.3. The Hall–Kier alpha value is -1.69. The highest BCUT2D eigenvalue weighted by Crippen LogP contribution is 2.27. The molecule has 0 unspecified atom stereocenters. The first-order valence-electron chi connectivity index (χ1n) is 9.48. The molecule has 0 saturated carbocycles. The van der Waals surface area contributed by atoms with E-state index in [2.05, 4.69) is 57.4 Å². The SMILES string of the molecule is Cc1ccc(C)c(-c2[nH]ncc2CN2CCN([C@H]3CCNC3)CC2)c1. The van der Waals surface area contributed by atoms with Crippen molar-refractivity contribution in [3.05, 3.63) is 41.1 Å². The second kappa shape index (κ2) is 7.28.